The predicted molar refractivity (Wildman–Crippen MR) is 160 cm³/mol. The van der Waals surface area contributed by atoms with E-state index in [1.807, 2.05) is 6.07 Å². The first-order valence-electron chi connectivity index (χ1n) is 13.3. The molecule has 0 saturated carbocycles. The molecular weight excluding hydrogens is 560 g/mol. The zero-order chi connectivity index (χ0) is 30.9. The Bertz CT molecular complexity index is 1650. The van der Waals surface area contributed by atoms with E-state index in [4.69, 9.17) is 18.6 Å². The number of phosphoric ester groups is 1. The summed E-state index contributed by atoms with van der Waals surface area (Å²) >= 11 is 0. The molecule has 12 heteroatoms. The van der Waals surface area contributed by atoms with Crippen molar-refractivity contribution in [3.05, 3.63) is 73.9 Å². The summed E-state index contributed by atoms with van der Waals surface area (Å²) in [6.07, 6.45) is 8.25. The Hall–Kier alpha value is -3.76. The van der Waals surface area contributed by atoms with Gasteiger partial charge in [0.2, 0.25) is 11.9 Å². The lowest BCUT2D eigenvalue weighted by atomic mass is 10.0. The molecular formula is C30H35FN5O5P. The topological polar surface area (TPSA) is 117 Å². The van der Waals surface area contributed by atoms with E-state index in [2.05, 4.69) is 21.9 Å². The molecule has 42 heavy (non-hydrogen) atoms. The average molecular weight is 596 g/mol. The number of carbonyl (C=O) groups excluding carboxylic acids is 1. The summed E-state index contributed by atoms with van der Waals surface area (Å²) in [4.78, 5) is 24.4. The van der Waals surface area contributed by atoms with Crippen LogP contribution in [-0.4, -0.2) is 36.6 Å². The normalized spacial score (nSPS) is 13.2. The Morgan fingerprint density at radius 2 is 1.69 bits per heavy atom. The number of aromatic nitrogens is 4. The van der Waals surface area contributed by atoms with Gasteiger partial charge in [-0.25, -0.2) is 14.5 Å². The molecule has 0 aromatic carbocycles. The van der Waals surface area contributed by atoms with Crippen LogP contribution in [0.3, 0.4) is 0 Å². The highest BCUT2D eigenvalue weighted by molar-refractivity contribution is 7.48. The van der Waals surface area contributed by atoms with Crippen molar-refractivity contribution in [2.45, 2.75) is 65.9 Å². The van der Waals surface area contributed by atoms with Gasteiger partial charge in [0.25, 0.3) is 0 Å². The van der Waals surface area contributed by atoms with Gasteiger partial charge in [-0.15, -0.1) is 0 Å². The van der Waals surface area contributed by atoms with E-state index < -0.39 is 31.2 Å². The van der Waals surface area contributed by atoms with Crippen LogP contribution in [0.15, 0.2) is 67.9 Å². The van der Waals surface area contributed by atoms with E-state index in [9.17, 15) is 13.8 Å². The van der Waals surface area contributed by atoms with Crippen LogP contribution in [0, 0.1) is 5.95 Å². The molecule has 4 rings (SSSR count). The van der Waals surface area contributed by atoms with Crippen LogP contribution in [0.1, 0.15) is 54.7 Å². The summed E-state index contributed by atoms with van der Waals surface area (Å²) in [6, 6.07) is 6.65. The predicted octanol–water partition coefficient (Wildman–Crippen LogP) is 7.70. The number of carbonyl (C=O) groups is 1. The van der Waals surface area contributed by atoms with Crippen LogP contribution < -0.4 is 5.32 Å². The Morgan fingerprint density at radius 3 is 2.31 bits per heavy atom. The number of pyridine rings is 3. The number of hydrogen-bond acceptors (Lipinski definition) is 8. The molecule has 4 heterocycles. The summed E-state index contributed by atoms with van der Waals surface area (Å²) in [5, 5.41) is 3.36. The van der Waals surface area contributed by atoms with Gasteiger partial charge in [0, 0.05) is 52.9 Å². The number of nitrogens with zero attached hydrogens (tertiary/aromatic N) is 4. The van der Waals surface area contributed by atoms with E-state index in [0.29, 0.717) is 39.0 Å². The Balaban J connectivity index is 1.82. The average Bonchev–Trinajstić information content (AvgIpc) is 3.25. The van der Waals surface area contributed by atoms with Gasteiger partial charge in [0.1, 0.15) is 11.9 Å². The third-order valence-corrected chi connectivity index (χ3v) is 7.78. The van der Waals surface area contributed by atoms with Crippen molar-refractivity contribution in [3.8, 4) is 22.3 Å². The van der Waals surface area contributed by atoms with Gasteiger partial charge in [-0.1, -0.05) is 6.58 Å². The fourth-order valence-corrected chi connectivity index (χ4v) is 6.14. The lowest BCUT2D eigenvalue weighted by molar-refractivity contribution is -0.111. The van der Waals surface area contributed by atoms with Crippen molar-refractivity contribution in [2.24, 2.45) is 0 Å². The second-order valence-corrected chi connectivity index (χ2v) is 13.1. The van der Waals surface area contributed by atoms with Crippen molar-refractivity contribution in [1.82, 2.24) is 19.5 Å². The van der Waals surface area contributed by atoms with Gasteiger partial charge in [0.05, 0.1) is 23.1 Å². The molecule has 0 fully saturated rings. The zero-order valence-corrected chi connectivity index (χ0v) is 25.6. The molecule has 1 amide bonds. The van der Waals surface area contributed by atoms with Crippen LogP contribution in [0.2, 0.25) is 0 Å². The minimum absolute atomic E-state index is 0.362. The van der Waals surface area contributed by atoms with Crippen LogP contribution in [-0.2, 0) is 22.9 Å². The summed E-state index contributed by atoms with van der Waals surface area (Å²) in [5.74, 6) is -1.00. The minimum Gasteiger partial charge on any atom is -0.321 e. The Kier molecular flexibility index (Phi) is 8.80. The molecule has 0 aliphatic heterocycles. The van der Waals surface area contributed by atoms with Crippen molar-refractivity contribution in [1.29, 1.82) is 0 Å². The maximum absolute atomic E-state index is 14.2. The highest BCUT2D eigenvalue weighted by Gasteiger charge is 2.39. The van der Waals surface area contributed by atoms with E-state index >= 15 is 0 Å². The number of phosphoric acid groups is 1. The van der Waals surface area contributed by atoms with Crippen LogP contribution in [0.4, 0.5) is 10.1 Å². The van der Waals surface area contributed by atoms with Crippen molar-refractivity contribution >= 4 is 30.5 Å². The smallest absolute Gasteiger partial charge is 0.321 e. The van der Waals surface area contributed by atoms with Crippen molar-refractivity contribution in [3.63, 3.8) is 0 Å². The molecule has 0 aliphatic rings. The molecule has 4 aromatic heterocycles. The molecule has 1 atom stereocenters. The van der Waals surface area contributed by atoms with E-state index in [0.717, 1.165) is 0 Å². The fraction of sp³-hybridized carbons (Fsp3) is 0.333. The molecule has 0 bridgehead atoms. The minimum atomic E-state index is -4.08. The van der Waals surface area contributed by atoms with Gasteiger partial charge in [-0.05, 0) is 78.3 Å². The monoisotopic (exact) mass is 595 g/mol. The molecule has 10 nitrogen and oxygen atoms in total. The lowest BCUT2D eigenvalue weighted by Gasteiger charge is -2.32. The summed E-state index contributed by atoms with van der Waals surface area (Å²) in [6.45, 7) is 15.7. The molecule has 4 aromatic rings. The van der Waals surface area contributed by atoms with Gasteiger partial charge in [0.15, 0.2) is 0 Å². The number of nitrogens with one attached hydrogen (secondary N) is 1. The third kappa shape index (κ3) is 7.74. The highest BCUT2D eigenvalue weighted by Crippen LogP contribution is 2.57. The van der Waals surface area contributed by atoms with Crippen LogP contribution >= 0.6 is 7.82 Å². The second kappa shape index (κ2) is 11.9. The largest absolute Gasteiger partial charge is 0.477 e. The first-order valence-corrected chi connectivity index (χ1v) is 14.7. The van der Waals surface area contributed by atoms with Crippen LogP contribution in [0.25, 0.3) is 33.3 Å². The molecule has 0 spiro atoms. The summed E-state index contributed by atoms with van der Waals surface area (Å²) in [7, 11) is -4.08. The van der Waals surface area contributed by atoms with Gasteiger partial charge in [-0.2, -0.15) is 4.39 Å². The summed E-state index contributed by atoms with van der Waals surface area (Å²) in [5.41, 5.74) is 1.93. The first-order chi connectivity index (χ1) is 19.6. The quantitative estimate of drug-likeness (QED) is 0.119. The molecule has 1 N–H and O–H groups in total. The third-order valence-electron chi connectivity index (χ3n) is 5.68. The van der Waals surface area contributed by atoms with Crippen LogP contribution in [0.5, 0.6) is 0 Å². The van der Waals surface area contributed by atoms with Gasteiger partial charge >= 0.3 is 7.82 Å². The standard InChI is InChI=1S/C30H35FN5O5P/c1-9-27(37)35-23-12-21(15-32-17-23)22-13-24-25(20-10-11-33-26(31)14-20)18-36(28(24)34-16-22)19(2)39-42(38,40-29(3,4)5)41-30(6,7)8/h9-19H,1H2,2-8H3,(H,35,37). The van der Waals surface area contributed by atoms with Gasteiger partial charge < -0.3 is 9.88 Å². The SMILES string of the molecule is C=CC(=O)Nc1cncc(-c2cnc3c(c2)c(-c2ccnc(F)c2)cn3C(C)OP(=O)(OC(C)(C)C)OC(C)(C)C)c1. The number of fused-ring (bicyclic) bond motifs is 1. The van der Waals surface area contributed by atoms with E-state index in [-0.39, 0.29) is 5.91 Å². The maximum atomic E-state index is 14.2. The van der Waals surface area contributed by atoms with E-state index in [1.165, 1.54) is 24.5 Å². The Labute approximate surface area is 244 Å². The summed E-state index contributed by atoms with van der Waals surface area (Å²) < 4.78 is 47.4. The molecule has 1 unspecified atom stereocenters. The second-order valence-electron chi connectivity index (χ2n) is 11.6. The van der Waals surface area contributed by atoms with Gasteiger partial charge in [-0.3, -0.25) is 23.3 Å². The molecule has 0 aliphatic carbocycles. The van der Waals surface area contributed by atoms with Crippen molar-refractivity contribution in [2.75, 3.05) is 5.32 Å². The number of hydrogen-bond donors (Lipinski definition) is 1. The molecule has 0 radical (unpaired) electrons. The zero-order valence-electron chi connectivity index (χ0n) is 24.7. The number of amides is 1. The Morgan fingerprint density at radius 1 is 1.02 bits per heavy atom. The molecule has 0 saturated heterocycles. The number of rotatable bonds is 9. The maximum Gasteiger partial charge on any atom is 0.477 e. The first kappa shape index (κ1) is 31.2. The number of anilines is 1. The lowest BCUT2D eigenvalue weighted by Crippen LogP contribution is -2.25. The van der Waals surface area contributed by atoms with E-state index in [1.54, 1.807) is 83.8 Å². The number of halogens is 1. The molecule has 222 valence electrons. The highest BCUT2D eigenvalue weighted by atomic mass is 31.2. The van der Waals surface area contributed by atoms with Crippen molar-refractivity contribution < 1.29 is 27.3 Å². The fourth-order valence-electron chi connectivity index (χ4n) is 4.20.